The third kappa shape index (κ3) is 2.59. The Kier molecular flexibility index (Phi) is 3.48. The van der Waals surface area contributed by atoms with Gasteiger partial charge in [-0.05, 0) is 32.3 Å². The molecule has 3 aromatic heterocycles. The van der Waals surface area contributed by atoms with Gasteiger partial charge >= 0.3 is 0 Å². The van der Waals surface area contributed by atoms with Crippen molar-refractivity contribution in [1.82, 2.24) is 19.6 Å². The molecule has 7 nitrogen and oxygen atoms in total. The molecule has 5 rings (SSSR count). The van der Waals surface area contributed by atoms with Crippen LogP contribution in [0, 0.1) is 0 Å². The first-order chi connectivity index (χ1) is 12.1. The highest BCUT2D eigenvalue weighted by atomic mass is 32.1. The molecule has 1 fully saturated rings. The molecular formula is C17H21N5O2S. The van der Waals surface area contributed by atoms with Gasteiger partial charge in [0.15, 0.2) is 5.65 Å². The Morgan fingerprint density at radius 3 is 3.20 bits per heavy atom. The topological polar surface area (TPSA) is 73.6 Å². The number of nitrogens with one attached hydrogen (secondary N) is 1. The zero-order valence-corrected chi connectivity index (χ0v) is 15.2. The summed E-state index contributed by atoms with van der Waals surface area (Å²) in [7, 11) is 0. The summed E-state index contributed by atoms with van der Waals surface area (Å²) in [6.45, 7) is 6.50. The second kappa shape index (κ2) is 5.62. The van der Waals surface area contributed by atoms with Gasteiger partial charge in [-0.1, -0.05) is 0 Å². The van der Waals surface area contributed by atoms with E-state index in [4.69, 9.17) is 14.5 Å². The number of hydrogen-bond acceptors (Lipinski definition) is 7. The van der Waals surface area contributed by atoms with Crippen molar-refractivity contribution < 1.29 is 9.47 Å². The maximum absolute atomic E-state index is 5.97. The van der Waals surface area contributed by atoms with Crippen molar-refractivity contribution in [3.05, 3.63) is 16.8 Å². The molecule has 2 aliphatic rings. The molecule has 0 spiro atoms. The molecule has 0 saturated carbocycles. The lowest BCUT2D eigenvalue weighted by Gasteiger charge is -2.30. The van der Waals surface area contributed by atoms with Gasteiger partial charge in [-0.25, -0.2) is 9.97 Å². The Balaban J connectivity index is 1.59. The smallest absolute Gasteiger partial charge is 0.227 e. The first-order valence-corrected chi connectivity index (χ1v) is 9.56. The van der Waals surface area contributed by atoms with Crippen molar-refractivity contribution in [3.63, 3.8) is 0 Å². The van der Waals surface area contributed by atoms with Gasteiger partial charge in [0, 0.05) is 24.4 Å². The van der Waals surface area contributed by atoms with Crippen LogP contribution in [0.5, 0.6) is 0 Å². The number of rotatable bonds is 3. The molecule has 0 aromatic carbocycles. The van der Waals surface area contributed by atoms with Gasteiger partial charge in [0.2, 0.25) is 5.95 Å². The summed E-state index contributed by atoms with van der Waals surface area (Å²) < 4.78 is 13.5. The van der Waals surface area contributed by atoms with Crippen molar-refractivity contribution in [2.45, 2.75) is 51.4 Å². The Hall–Kier alpha value is -1.77. The minimum atomic E-state index is -0.158. The minimum absolute atomic E-state index is 0.158. The molecule has 5 heterocycles. The summed E-state index contributed by atoms with van der Waals surface area (Å²) in [6, 6.07) is 0. The molecule has 1 N–H and O–H groups in total. The van der Waals surface area contributed by atoms with Gasteiger partial charge in [-0.15, -0.1) is 11.3 Å². The van der Waals surface area contributed by atoms with Gasteiger partial charge in [-0.2, -0.15) is 9.61 Å². The zero-order chi connectivity index (χ0) is 17.0. The lowest BCUT2D eigenvalue weighted by molar-refractivity contribution is -0.0379. The lowest BCUT2D eigenvalue weighted by Crippen LogP contribution is -2.31. The summed E-state index contributed by atoms with van der Waals surface area (Å²) in [4.78, 5) is 11.6. The number of aromatic nitrogens is 4. The van der Waals surface area contributed by atoms with E-state index >= 15 is 0 Å². The summed E-state index contributed by atoms with van der Waals surface area (Å²) >= 11 is 1.70. The fourth-order valence-electron chi connectivity index (χ4n) is 3.68. The number of anilines is 1. The maximum Gasteiger partial charge on any atom is 0.227 e. The van der Waals surface area contributed by atoms with Gasteiger partial charge in [-0.3, -0.25) is 0 Å². The lowest BCUT2D eigenvalue weighted by atomic mass is 9.94. The second-order valence-electron chi connectivity index (χ2n) is 7.36. The summed E-state index contributed by atoms with van der Waals surface area (Å²) in [5.41, 5.74) is 2.02. The molecule has 8 heteroatoms. The molecule has 1 saturated heterocycles. The Labute approximate surface area is 149 Å². The fraction of sp³-hybridized carbons (Fsp3) is 0.588. The molecule has 25 heavy (non-hydrogen) atoms. The van der Waals surface area contributed by atoms with Crippen LogP contribution in [0.4, 0.5) is 5.95 Å². The Morgan fingerprint density at radius 1 is 1.44 bits per heavy atom. The predicted molar refractivity (Wildman–Crippen MR) is 96.2 cm³/mol. The molecule has 0 unspecified atom stereocenters. The van der Waals surface area contributed by atoms with Gasteiger partial charge in [0.25, 0.3) is 0 Å². The third-order valence-electron chi connectivity index (χ3n) is 4.96. The van der Waals surface area contributed by atoms with E-state index in [1.54, 1.807) is 17.7 Å². The number of nitrogens with zero attached hydrogens (tertiary/aromatic N) is 4. The van der Waals surface area contributed by atoms with Crippen LogP contribution in [0.15, 0.2) is 6.33 Å². The van der Waals surface area contributed by atoms with Gasteiger partial charge in [0.05, 0.1) is 23.7 Å². The minimum Gasteiger partial charge on any atom is -0.376 e. The molecule has 0 radical (unpaired) electrons. The molecular weight excluding hydrogens is 338 g/mol. The largest absolute Gasteiger partial charge is 0.376 e. The number of fused-ring (bicyclic) bond motifs is 5. The van der Waals surface area contributed by atoms with E-state index in [0.717, 1.165) is 54.2 Å². The van der Waals surface area contributed by atoms with Gasteiger partial charge < -0.3 is 14.8 Å². The normalized spacial score (nSPS) is 22.6. The Morgan fingerprint density at radius 2 is 2.36 bits per heavy atom. The van der Waals surface area contributed by atoms with Crippen molar-refractivity contribution in [1.29, 1.82) is 0 Å². The average Bonchev–Trinajstić information content (AvgIpc) is 3.30. The molecule has 132 valence electrons. The first-order valence-electron chi connectivity index (χ1n) is 8.74. The summed E-state index contributed by atoms with van der Waals surface area (Å²) in [6.07, 6.45) is 4.94. The number of ether oxygens (including phenoxy) is 2. The van der Waals surface area contributed by atoms with E-state index in [0.29, 0.717) is 6.61 Å². The van der Waals surface area contributed by atoms with Crippen LogP contribution < -0.4 is 5.32 Å². The van der Waals surface area contributed by atoms with Crippen molar-refractivity contribution in [3.8, 4) is 0 Å². The highest BCUT2D eigenvalue weighted by molar-refractivity contribution is 7.19. The van der Waals surface area contributed by atoms with E-state index in [-0.39, 0.29) is 11.7 Å². The number of hydrogen-bond donors (Lipinski definition) is 1. The quantitative estimate of drug-likeness (QED) is 0.775. The zero-order valence-electron chi connectivity index (χ0n) is 14.4. The van der Waals surface area contributed by atoms with Crippen LogP contribution in [0.2, 0.25) is 0 Å². The molecule has 0 amide bonds. The fourth-order valence-corrected chi connectivity index (χ4v) is 4.78. The van der Waals surface area contributed by atoms with Crippen LogP contribution in [-0.4, -0.2) is 44.4 Å². The van der Waals surface area contributed by atoms with Crippen molar-refractivity contribution in [2.24, 2.45) is 0 Å². The average molecular weight is 359 g/mol. The first kappa shape index (κ1) is 15.5. The Bertz CT molecular complexity index is 941. The van der Waals surface area contributed by atoms with Crippen LogP contribution in [0.1, 0.15) is 37.1 Å². The molecule has 0 bridgehead atoms. The maximum atomic E-state index is 5.97. The van der Waals surface area contributed by atoms with E-state index in [1.165, 1.54) is 10.4 Å². The van der Waals surface area contributed by atoms with E-state index in [1.807, 2.05) is 4.52 Å². The van der Waals surface area contributed by atoms with Crippen molar-refractivity contribution in [2.75, 3.05) is 18.5 Å². The molecule has 2 aliphatic heterocycles. The highest BCUT2D eigenvalue weighted by Gasteiger charge is 2.31. The number of thiophene rings is 1. The SMILES string of the molecule is CC1(C)Cc2c(sc3nc(NC[C@@H]4CCCO4)n4ncnc4c23)CO1. The summed E-state index contributed by atoms with van der Waals surface area (Å²) in [5.74, 6) is 0.731. The summed E-state index contributed by atoms with van der Waals surface area (Å²) in [5, 5.41) is 8.92. The molecule has 1 atom stereocenters. The third-order valence-corrected chi connectivity index (χ3v) is 6.06. The van der Waals surface area contributed by atoms with Crippen molar-refractivity contribution >= 4 is 33.1 Å². The standard InChI is InChI=1S/C17H21N5O2S/c1-17(2)6-11-12(8-24-17)25-15-13(11)14-19-9-20-22(14)16(21-15)18-7-10-4-3-5-23-10/h9-10H,3-8H2,1-2H3,(H,18,21)/t10-/m0/s1. The van der Waals surface area contributed by atoms with E-state index in [9.17, 15) is 0 Å². The molecule has 0 aliphatic carbocycles. The van der Waals surface area contributed by atoms with Crippen LogP contribution in [-0.2, 0) is 22.5 Å². The predicted octanol–water partition coefficient (Wildman–Crippen LogP) is 2.78. The second-order valence-corrected chi connectivity index (χ2v) is 8.44. The van der Waals surface area contributed by atoms with Gasteiger partial charge in [0.1, 0.15) is 11.2 Å². The van der Waals surface area contributed by atoms with E-state index in [2.05, 4.69) is 29.2 Å². The van der Waals surface area contributed by atoms with E-state index < -0.39 is 0 Å². The monoisotopic (exact) mass is 359 g/mol. The highest BCUT2D eigenvalue weighted by Crippen LogP contribution is 2.40. The van der Waals surface area contributed by atoms with Crippen LogP contribution in [0.3, 0.4) is 0 Å². The molecule has 3 aromatic rings. The van der Waals surface area contributed by atoms with Crippen LogP contribution in [0.25, 0.3) is 15.9 Å². The van der Waals surface area contributed by atoms with Crippen LogP contribution >= 0.6 is 11.3 Å².